The van der Waals surface area contributed by atoms with Crippen LogP contribution in [0.15, 0.2) is 0 Å². The van der Waals surface area contributed by atoms with Gasteiger partial charge in [-0.05, 0) is 12.2 Å². The quantitative estimate of drug-likeness (QED) is 0.146. The Kier molecular flexibility index (Phi) is 14.1. The van der Waals surface area contributed by atoms with Gasteiger partial charge in [0.1, 0.15) is 54.3 Å². The van der Waals surface area contributed by atoms with Gasteiger partial charge in [-0.1, -0.05) is 58.3 Å². The first-order chi connectivity index (χ1) is 16.3. The van der Waals surface area contributed by atoms with Crippen molar-refractivity contribution in [1.29, 1.82) is 0 Å². The largest absolute Gasteiger partial charge is 0.394 e. The lowest BCUT2D eigenvalue weighted by atomic mass is 9.97. The maximum atomic E-state index is 10.7. The van der Waals surface area contributed by atoms with E-state index in [1.165, 1.54) is 50.3 Å². The minimum Gasteiger partial charge on any atom is -0.394 e. The van der Waals surface area contributed by atoms with Gasteiger partial charge in [0.2, 0.25) is 0 Å². The number of aliphatic hydroxyl groups excluding tert-OH is 7. The van der Waals surface area contributed by atoms with Crippen LogP contribution in [-0.2, 0) is 14.2 Å². The summed E-state index contributed by atoms with van der Waals surface area (Å²) in [5.41, 5.74) is -0.754. The summed E-state index contributed by atoms with van der Waals surface area (Å²) in [7, 11) is 0. The number of ether oxygens (including phenoxy) is 3. The molecule has 2 rings (SSSR count). The second-order valence-corrected chi connectivity index (χ2v) is 10.4. The van der Waals surface area contributed by atoms with Crippen LogP contribution in [0.1, 0.15) is 64.7 Å². The molecular weight excluding hydrogens is 468 g/mol. The Morgan fingerprint density at radius 3 is 1.82 bits per heavy atom. The average molecular weight is 513 g/mol. The van der Waals surface area contributed by atoms with E-state index in [1.807, 2.05) is 0 Å². The van der Waals surface area contributed by atoms with Gasteiger partial charge in [-0.25, -0.2) is 0 Å². The first kappa shape index (κ1) is 30.2. The maximum Gasteiger partial charge on any atom is 0.187 e. The Morgan fingerprint density at radius 2 is 1.24 bits per heavy atom. The van der Waals surface area contributed by atoms with Crippen LogP contribution in [0.2, 0.25) is 0 Å². The summed E-state index contributed by atoms with van der Waals surface area (Å²) in [5.74, 6) is 0.737. The molecule has 0 saturated carbocycles. The smallest absolute Gasteiger partial charge is 0.187 e. The monoisotopic (exact) mass is 512 g/mol. The summed E-state index contributed by atoms with van der Waals surface area (Å²) in [5, 5.41) is 70.3. The molecule has 0 aromatic carbocycles. The highest BCUT2D eigenvalue weighted by molar-refractivity contribution is 7.99. The molecule has 0 aliphatic carbocycles. The molecule has 202 valence electrons. The average Bonchev–Trinajstić information content (AvgIpc) is 2.84. The van der Waals surface area contributed by atoms with Crippen molar-refractivity contribution >= 4 is 11.8 Å². The fourth-order valence-corrected chi connectivity index (χ4v) is 5.49. The first-order valence-corrected chi connectivity index (χ1v) is 13.6. The molecule has 0 spiro atoms. The molecule has 0 aromatic heterocycles. The van der Waals surface area contributed by atoms with Crippen LogP contribution in [0.5, 0.6) is 0 Å². The van der Waals surface area contributed by atoms with Crippen LogP contribution in [0.4, 0.5) is 0 Å². The maximum absolute atomic E-state index is 10.7. The molecule has 0 aromatic rings. The summed E-state index contributed by atoms with van der Waals surface area (Å²) >= 11 is 1.37. The molecule has 2 heterocycles. The van der Waals surface area contributed by atoms with E-state index in [0.717, 1.165) is 25.0 Å². The van der Waals surface area contributed by atoms with Crippen molar-refractivity contribution in [2.45, 2.75) is 125 Å². The molecular formula is C23H44O10S. The van der Waals surface area contributed by atoms with Crippen molar-refractivity contribution in [3.05, 3.63) is 0 Å². The lowest BCUT2D eigenvalue weighted by Crippen LogP contribution is -2.64. The van der Waals surface area contributed by atoms with Crippen molar-refractivity contribution in [2.24, 2.45) is 0 Å². The van der Waals surface area contributed by atoms with Crippen molar-refractivity contribution in [3.8, 4) is 0 Å². The molecule has 34 heavy (non-hydrogen) atoms. The van der Waals surface area contributed by atoms with Gasteiger partial charge in [0.05, 0.1) is 13.2 Å². The fourth-order valence-electron chi connectivity index (χ4n) is 4.31. The molecule has 0 radical (unpaired) electrons. The summed E-state index contributed by atoms with van der Waals surface area (Å²) in [4.78, 5) is 0. The van der Waals surface area contributed by atoms with Crippen LogP contribution in [-0.4, -0.2) is 115 Å². The van der Waals surface area contributed by atoms with E-state index in [2.05, 4.69) is 6.92 Å². The normalized spacial score (nSPS) is 38.8. The van der Waals surface area contributed by atoms with E-state index in [1.54, 1.807) is 0 Å². The highest BCUT2D eigenvalue weighted by Crippen LogP contribution is 2.33. The fraction of sp³-hybridized carbons (Fsp3) is 1.00. The number of aliphatic hydroxyl groups is 7. The molecule has 0 amide bonds. The van der Waals surface area contributed by atoms with Gasteiger partial charge in [-0.2, -0.15) is 0 Å². The second-order valence-electron chi connectivity index (χ2n) is 9.20. The number of rotatable bonds is 15. The van der Waals surface area contributed by atoms with E-state index in [9.17, 15) is 35.7 Å². The van der Waals surface area contributed by atoms with Crippen molar-refractivity contribution in [1.82, 2.24) is 0 Å². The summed E-state index contributed by atoms with van der Waals surface area (Å²) in [6.45, 7) is 1.07. The van der Waals surface area contributed by atoms with E-state index < -0.39 is 73.8 Å². The molecule has 7 N–H and O–H groups in total. The third-order valence-corrected chi connectivity index (χ3v) is 7.73. The van der Waals surface area contributed by atoms with E-state index >= 15 is 0 Å². The lowest BCUT2D eigenvalue weighted by molar-refractivity contribution is -0.338. The molecule has 2 aliphatic heterocycles. The van der Waals surface area contributed by atoms with Gasteiger partial charge in [0.25, 0.3) is 0 Å². The van der Waals surface area contributed by atoms with Crippen molar-refractivity contribution in [2.75, 3.05) is 19.0 Å². The Balaban J connectivity index is 1.78. The van der Waals surface area contributed by atoms with Crippen molar-refractivity contribution in [3.63, 3.8) is 0 Å². The third-order valence-electron chi connectivity index (χ3n) is 6.49. The van der Waals surface area contributed by atoms with Gasteiger partial charge in [0, 0.05) is 0 Å². The molecule has 0 unspecified atom stereocenters. The Labute approximate surface area is 206 Å². The summed E-state index contributed by atoms with van der Waals surface area (Å²) in [6, 6.07) is 0. The molecule has 2 aliphatic rings. The lowest BCUT2D eigenvalue weighted by Gasteiger charge is -2.46. The minimum absolute atomic E-state index is 0.513. The third kappa shape index (κ3) is 8.52. The van der Waals surface area contributed by atoms with Gasteiger partial charge in [0.15, 0.2) is 6.29 Å². The van der Waals surface area contributed by atoms with E-state index in [4.69, 9.17) is 14.2 Å². The van der Waals surface area contributed by atoms with Gasteiger partial charge < -0.3 is 50.0 Å². The zero-order valence-corrected chi connectivity index (χ0v) is 20.8. The van der Waals surface area contributed by atoms with Crippen LogP contribution in [0.3, 0.4) is 0 Å². The first-order valence-electron chi connectivity index (χ1n) is 12.6. The molecule has 11 heteroatoms. The topological polar surface area (TPSA) is 169 Å². The van der Waals surface area contributed by atoms with Gasteiger partial charge in [-0.3, -0.25) is 0 Å². The number of unbranched alkanes of at least 4 members (excludes halogenated alkanes) is 8. The van der Waals surface area contributed by atoms with Gasteiger partial charge in [-0.15, -0.1) is 11.8 Å². The van der Waals surface area contributed by atoms with Crippen LogP contribution >= 0.6 is 11.8 Å². The zero-order chi connectivity index (χ0) is 25.1. The highest BCUT2D eigenvalue weighted by atomic mass is 32.2. The van der Waals surface area contributed by atoms with Crippen LogP contribution < -0.4 is 0 Å². The molecule has 10 atom stereocenters. The SMILES string of the molecule is CCCCCCCCCCCS[C@H]1O[C@H](CO)[C@@H](O[C@H]2O[C@H](CO)[C@@H](O)[C@H](O)[C@H]2O)[C@H](O)[C@H]1O. The molecule has 10 nitrogen and oxygen atoms in total. The number of thioether (sulfide) groups is 1. The van der Waals surface area contributed by atoms with Gasteiger partial charge >= 0.3 is 0 Å². The van der Waals surface area contributed by atoms with Crippen molar-refractivity contribution < 1.29 is 50.0 Å². The molecule has 2 saturated heterocycles. The van der Waals surface area contributed by atoms with E-state index in [0.29, 0.717) is 0 Å². The Hall–Kier alpha value is -0.0500. The summed E-state index contributed by atoms with van der Waals surface area (Å²) < 4.78 is 16.7. The number of hydrogen-bond donors (Lipinski definition) is 7. The Morgan fingerprint density at radius 1 is 0.647 bits per heavy atom. The van der Waals surface area contributed by atoms with Crippen LogP contribution in [0, 0.1) is 0 Å². The standard InChI is InChI=1S/C23H44O10S/c1-2-3-4-5-6-7-8-9-10-11-34-23-20(30)18(28)21(15(13-25)32-23)33-22-19(29)17(27)16(26)14(12-24)31-22/h14-30H,2-13H2,1H3/t14-,15-,16-,17+,18-,19-,20-,21-,22-,23-/m1/s1. The predicted octanol–water partition coefficient (Wildman–Crippen LogP) is -0.125. The minimum atomic E-state index is -1.67. The zero-order valence-electron chi connectivity index (χ0n) is 20.0. The molecule has 0 bridgehead atoms. The number of hydrogen-bond acceptors (Lipinski definition) is 11. The second kappa shape index (κ2) is 15.9. The predicted molar refractivity (Wildman–Crippen MR) is 126 cm³/mol. The molecule has 2 fully saturated rings. The summed E-state index contributed by atoms with van der Waals surface area (Å²) in [6.07, 6.45) is -1.73. The van der Waals surface area contributed by atoms with E-state index in [-0.39, 0.29) is 0 Å². The Bertz CT molecular complexity index is 540. The van der Waals surface area contributed by atoms with Crippen LogP contribution in [0.25, 0.3) is 0 Å². The highest BCUT2D eigenvalue weighted by Gasteiger charge is 2.50.